The lowest BCUT2D eigenvalue weighted by molar-refractivity contribution is -0.393. The molecule has 10 nitrogen and oxygen atoms in total. The van der Waals surface area contributed by atoms with Gasteiger partial charge in [0, 0.05) is 16.7 Å². The Kier molecular flexibility index (Phi) is 7.19. The smallest absolute Gasteiger partial charge is 0.301 e. The van der Waals surface area contributed by atoms with Crippen LogP contribution in [0.2, 0.25) is 5.02 Å². The van der Waals surface area contributed by atoms with Gasteiger partial charge in [-0.05, 0) is 35.9 Å². The lowest BCUT2D eigenvalue weighted by Crippen LogP contribution is -2.02. The van der Waals surface area contributed by atoms with Gasteiger partial charge in [0.05, 0.1) is 29.2 Å². The number of benzene rings is 3. The number of methoxy groups -OCH3 is 1. The summed E-state index contributed by atoms with van der Waals surface area (Å²) in [5.41, 5.74) is 3.08. The highest BCUT2D eigenvalue weighted by molar-refractivity contribution is 6.30. The zero-order valence-electron chi connectivity index (χ0n) is 16.7. The van der Waals surface area contributed by atoms with Crippen molar-refractivity contribution in [3.8, 4) is 11.5 Å². The lowest BCUT2D eigenvalue weighted by atomic mass is 10.2. The van der Waals surface area contributed by atoms with Gasteiger partial charge in [-0.25, -0.2) is 0 Å². The molecule has 0 aliphatic carbocycles. The van der Waals surface area contributed by atoms with Gasteiger partial charge in [-0.2, -0.15) is 5.10 Å². The first-order valence-electron chi connectivity index (χ1n) is 9.15. The highest BCUT2D eigenvalue weighted by atomic mass is 35.5. The molecular formula is C21H17ClN4O6. The van der Waals surface area contributed by atoms with Crippen LogP contribution in [0, 0.1) is 20.2 Å². The number of nitro groups is 2. The van der Waals surface area contributed by atoms with E-state index in [9.17, 15) is 20.2 Å². The van der Waals surface area contributed by atoms with Crippen molar-refractivity contribution in [1.82, 2.24) is 0 Å². The van der Waals surface area contributed by atoms with Crippen molar-refractivity contribution in [2.24, 2.45) is 5.10 Å². The highest BCUT2D eigenvalue weighted by Crippen LogP contribution is 2.32. The predicted octanol–water partition coefficient (Wildman–Crippen LogP) is 5.19. The summed E-state index contributed by atoms with van der Waals surface area (Å²) >= 11 is 6.01. The van der Waals surface area contributed by atoms with Gasteiger partial charge >= 0.3 is 5.69 Å². The van der Waals surface area contributed by atoms with Crippen LogP contribution >= 0.6 is 11.6 Å². The highest BCUT2D eigenvalue weighted by Gasteiger charge is 2.19. The number of ether oxygens (including phenoxy) is 2. The molecule has 0 saturated carbocycles. The number of nitrogens with one attached hydrogen (secondary N) is 1. The Labute approximate surface area is 187 Å². The summed E-state index contributed by atoms with van der Waals surface area (Å²) < 4.78 is 11.3. The van der Waals surface area contributed by atoms with Gasteiger partial charge in [0.1, 0.15) is 12.3 Å². The fourth-order valence-corrected chi connectivity index (χ4v) is 3.00. The molecule has 0 unspecified atom stereocenters. The number of rotatable bonds is 9. The van der Waals surface area contributed by atoms with E-state index < -0.39 is 21.2 Å². The van der Waals surface area contributed by atoms with Gasteiger partial charge in [0.25, 0.3) is 5.69 Å². The van der Waals surface area contributed by atoms with Crippen LogP contribution < -0.4 is 14.9 Å². The molecule has 0 radical (unpaired) electrons. The Hall–Kier alpha value is -4.18. The second-order valence-electron chi connectivity index (χ2n) is 6.38. The number of nitrogens with zero attached hydrogens (tertiary/aromatic N) is 3. The Morgan fingerprint density at radius 3 is 2.53 bits per heavy atom. The van der Waals surface area contributed by atoms with E-state index in [2.05, 4.69) is 10.5 Å². The summed E-state index contributed by atoms with van der Waals surface area (Å²) in [6.07, 6.45) is 1.40. The second-order valence-corrected chi connectivity index (χ2v) is 6.82. The molecule has 164 valence electrons. The Bertz CT molecular complexity index is 1180. The fraction of sp³-hybridized carbons (Fsp3) is 0.0952. The van der Waals surface area contributed by atoms with Crippen molar-refractivity contribution >= 4 is 34.9 Å². The normalized spacial score (nSPS) is 10.7. The Morgan fingerprint density at radius 2 is 1.84 bits per heavy atom. The summed E-state index contributed by atoms with van der Waals surface area (Å²) in [5.74, 6) is 0.885. The summed E-state index contributed by atoms with van der Waals surface area (Å²) in [5, 5.41) is 26.7. The summed E-state index contributed by atoms with van der Waals surface area (Å²) in [6.45, 7) is 0.225. The van der Waals surface area contributed by atoms with Crippen molar-refractivity contribution in [1.29, 1.82) is 0 Å². The number of para-hydroxylation sites is 1. The van der Waals surface area contributed by atoms with Gasteiger partial charge < -0.3 is 9.47 Å². The van der Waals surface area contributed by atoms with Crippen LogP contribution in [0.3, 0.4) is 0 Å². The lowest BCUT2D eigenvalue weighted by Gasteiger charge is -2.13. The Balaban J connectivity index is 1.83. The first-order valence-corrected chi connectivity index (χ1v) is 9.53. The van der Waals surface area contributed by atoms with E-state index in [0.29, 0.717) is 22.1 Å². The van der Waals surface area contributed by atoms with Crippen LogP contribution in [0.5, 0.6) is 11.5 Å². The molecule has 0 fully saturated rings. The second kappa shape index (κ2) is 10.2. The van der Waals surface area contributed by atoms with Crippen LogP contribution in [0.4, 0.5) is 17.1 Å². The average molecular weight is 457 g/mol. The maximum atomic E-state index is 11.3. The molecule has 3 rings (SSSR count). The van der Waals surface area contributed by atoms with Crippen molar-refractivity contribution < 1.29 is 19.3 Å². The van der Waals surface area contributed by atoms with Crippen molar-refractivity contribution in [2.75, 3.05) is 12.5 Å². The topological polar surface area (TPSA) is 129 Å². The van der Waals surface area contributed by atoms with Gasteiger partial charge in [-0.1, -0.05) is 29.8 Å². The third kappa shape index (κ3) is 5.49. The van der Waals surface area contributed by atoms with Gasteiger partial charge in [-0.15, -0.1) is 0 Å². The monoisotopic (exact) mass is 456 g/mol. The minimum Gasteiger partial charge on any atom is -0.493 e. The van der Waals surface area contributed by atoms with E-state index in [1.807, 2.05) is 12.1 Å². The van der Waals surface area contributed by atoms with Crippen LogP contribution in [0.1, 0.15) is 11.1 Å². The summed E-state index contributed by atoms with van der Waals surface area (Å²) in [4.78, 5) is 20.7. The molecule has 11 heteroatoms. The summed E-state index contributed by atoms with van der Waals surface area (Å²) in [6, 6.07) is 15.6. The molecule has 3 aromatic rings. The molecular weight excluding hydrogens is 440 g/mol. The predicted molar refractivity (Wildman–Crippen MR) is 120 cm³/mol. The van der Waals surface area contributed by atoms with Crippen molar-refractivity contribution in [2.45, 2.75) is 6.61 Å². The molecule has 0 heterocycles. The molecule has 1 N–H and O–H groups in total. The van der Waals surface area contributed by atoms with E-state index in [0.717, 1.165) is 17.7 Å². The van der Waals surface area contributed by atoms with Crippen LogP contribution in [0.25, 0.3) is 0 Å². The zero-order valence-corrected chi connectivity index (χ0v) is 17.5. The molecule has 0 amide bonds. The van der Waals surface area contributed by atoms with Crippen LogP contribution in [-0.4, -0.2) is 23.2 Å². The van der Waals surface area contributed by atoms with E-state index in [-0.39, 0.29) is 12.3 Å². The largest absolute Gasteiger partial charge is 0.493 e. The SMILES string of the molecule is COc1cccc(/C=N/Nc2ccc([N+](=O)[O-])cc2[N+](=O)[O-])c1OCc1cccc(Cl)c1. The molecule has 0 aliphatic heterocycles. The van der Waals surface area contributed by atoms with E-state index in [1.165, 1.54) is 19.4 Å². The van der Waals surface area contributed by atoms with Gasteiger partial charge in [0.15, 0.2) is 11.5 Å². The molecule has 3 aromatic carbocycles. The molecule has 0 saturated heterocycles. The molecule has 32 heavy (non-hydrogen) atoms. The standard InChI is InChI=1S/C21H17ClN4O6/c1-31-20-7-3-5-15(21(20)32-13-14-4-2-6-16(22)10-14)12-23-24-18-9-8-17(25(27)28)11-19(18)26(29)30/h2-12,24H,13H2,1H3/b23-12+. The zero-order chi connectivity index (χ0) is 23.1. The third-order valence-electron chi connectivity index (χ3n) is 4.28. The van der Waals surface area contributed by atoms with E-state index in [1.54, 1.807) is 30.3 Å². The summed E-state index contributed by atoms with van der Waals surface area (Å²) in [7, 11) is 1.50. The number of halogens is 1. The molecule has 0 aliphatic rings. The van der Waals surface area contributed by atoms with Gasteiger partial charge in [-0.3, -0.25) is 25.7 Å². The maximum Gasteiger partial charge on any atom is 0.301 e. The first kappa shape index (κ1) is 22.5. The number of nitro benzene ring substituents is 2. The quantitative estimate of drug-likeness (QED) is 0.266. The average Bonchev–Trinajstić information content (AvgIpc) is 2.77. The molecule has 0 atom stereocenters. The number of hydrazone groups is 1. The minimum absolute atomic E-state index is 0.00106. The van der Waals surface area contributed by atoms with Crippen LogP contribution in [0.15, 0.2) is 65.8 Å². The maximum absolute atomic E-state index is 11.3. The number of hydrogen-bond donors (Lipinski definition) is 1. The third-order valence-corrected chi connectivity index (χ3v) is 4.51. The molecule has 0 aromatic heterocycles. The van der Waals surface area contributed by atoms with Crippen molar-refractivity contribution in [3.63, 3.8) is 0 Å². The minimum atomic E-state index is -0.726. The fourth-order valence-electron chi connectivity index (χ4n) is 2.78. The van der Waals surface area contributed by atoms with E-state index in [4.69, 9.17) is 21.1 Å². The van der Waals surface area contributed by atoms with Crippen LogP contribution in [-0.2, 0) is 6.61 Å². The van der Waals surface area contributed by atoms with E-state index >= 15 is 0 Å². The Morgan fingerprint density at radius 1 is 1.06 bits per heavy atom. The molecule has 0 bridgehead atoms. The first-order chi connectivity index (χ1) is 15.4. The molecule has 0 spiro atoms. The number of non-ortho nitro benzene ring substituents is 1. The number of hydrogen-bond acceptors (Lipinski definition) is 8. The number of anilines is 1. The van der Waals surface area contributed by atoms with Gasteiger partial charge in [0.2, 0.25) is 0 Å². The van der Waals surface area contributed by atoms with Crippen molar-refractivity contribution in [3.05, 3.63) is 97.0 Å².